The zero-order chi connectivity index (χ0) is 33.6. The van der Waals surface area contributed by atoms with Crippen molar-refractivity contribution >= 4 is 33.7 Å². The number of hydrogen-bond acceptors (Lipinski definition) is 6. The number of rotatable bonds is 4. The van der Waals surface area contributed by atoms with Crippen LogP contribution in [0.4, 0.5) is 0 Å². The van der Waals surface area contributed by atoms with Gasteiger partial charge in [0.05, 0.1) is 0 Å². The lowest BCUT2D eigenvalue weighted by Crippen LogP contribution is -2.14. The zero-order valence-electron chi connectivity index (χ0n) is 28.1. The number of halogens is 1. The number of aromatic nitrogens is 6. The molecule has 0 aliphatic rings. The molecule has 1 atom stereocenters. The Labute approximate surface area is 275 Å². The molecule has 0 saturated heterocycles. The normalized spacial score (nSPS) is 12.7. The summed E-state index contributed by atoms with van der Waals surface area (Å²) in [7, 11) is 0. The molecule has 0 fully saturated rings. The van der Waals surface area contributed by atoms with E-state index in [2.05, 4.69) is 81.9 Å². The second kappa shape index (κ2) is 12.4. The second-order valence-electron chi connectivity index (χ2n) is 14.0. The first kappa shape index (κ1) is 32.9. The van der Waals surface area contributed by atoms with Gasteiger partial charge in [-0.25, -0.2) is 0 Å². The van der Waals surface area contributed by atoms with Gasteiger partial charge >= 0.3 is 0 Å². The predicted molar refractivity (Wildman–Crippen MR) is 187 cm³/mol. The maximum absolute atomic E-state index is 10.9. The van der Waals surface area contributed by atoms with Gasteiger partial charge in [0.25, 0.3) is 0 Å². The molecule has 0 aliphatic heterocycles. The standard InChI is InChI=1S/C20H25N3O.C17H18ClN3O/c1-6-13(2)15-11-14(20(3,4)5)12-18(19(15)24)23-21-16-9-7-8-10-17(16)22-23;1-10-7-12(17(2,3)4)16(22)15(8-10)21-19-13-6-5-11(18)9-14(13)20-21/h7-13,24H,6H2,1-5H3;5-9,22H,1-4H3. The van der Waals surface area contributed by atoms with Gasteiger partial charge in [0, 0.05) is 10.6 Å². The van der Waals surface area contributed by atoms with Gasteiger partial charge in [-0.2, -0.15) is 0 Å². The van der Waals surface area contributed by atoms with E-state index >= 15 is 0 Å². The molecule has 2 heterocycles. The fraction of sp³-hybridized carbons (Fsp3) is 0.351. The number of benzene rings is 4. The summed E-state index contributed by atoms with van der Waals surface area (Å²) in [5.74, 6) is 0.762. The summed E-state index contributed by atoms with van der Waals surface area (Å²) >= 11 is 5.99. The quantitative estimate of drug-likeness (QED) is 0.199. The third-order valence-corrected chi connectivity index (χ3v) is 8.47. The summed E-state index contributed by atoms with van der Waals surface area (Å²) in [6, 6.07) is 21.1. The molecule has 46 heavy (non-hydrogen) atoms. The van der Waals surface area contributed by atoms with E-state index in [0.29, 0.717) is 21.9 Å². The van der Waals surface area contributed by atoms with Crippen LogP contribution in [0.15, 0.2) is 66.7 Å². The van der Waals surface area contributed by atoms with Crippen LogP contribution in [0.3, 0.4) is 0 Å². The van der Waals surface area contributed by atoms with Crippen LogP contribution in [0.2, 0.25) is 5.02 Å². The van der Waals surface area contributed by atoms with Crippen molar-refractivity contribution < 1.29 is 10.2 Å². The molecule has 0 aliphatic carbocycles. The van der Waals surface area contributed by atoms with Gasteiger partial charge in [0.15, 0.2) is 0 Å². The van der Waals surface area contributed by atoms with Crippen molar-refractivity contribution in [2.75, 3.05) is 0 Å². The Morgan fingerprint density at radius 2 is 1.24 bits per heavy atom. The molecule has 6 aromatic rings. The van der Waals surface area contributed by atoms with Gasteiger partial charge in [-0.05, 0) is 89.2 Å². The highest BCUT2D eigenvalue weighted by molar-refractivity contribution is 6.31. The highest BCUT2D eigenvalue weighted by atomic mass is 35.5. The summed E-state index contributed by atoms with van der Waals surface area (Å²) in [6.45, 7) is 19.0. The Morgan fingerprint density at radius 1 is 0.696 bits per heavy atom. The minimum absolute atomic E-state index is 0.0166. The first-order valence-electron chi connectivity index (χ1n) is 15.6. The van der Waals surface area contributed by atoms with E-state index in [9.17, 15) is 10.2 Å². The van der Waals surface area contributed by atoms with Crippen LogP contribution in [0.25, 0.3) is 33.4 Å². The number of phenolic OH excluding ortho intramolecular Hbond substituents is 2. The van der Waals surface area contributed by atoms with Gasteiger partial charge in [0.1, 0.15) is 44.9 Å². The molecule has 0 saturated carbocycles. The van der Waals surface area contributed by atoms with Crippen molar-refractivity contribution in [2.45, 2.75) is 85.5 Å². The third-order valence-electron chi connectivity index (χ3n) is 8.23. The van der Waals surface area contributed by atoms with Crippen LogP contribution in [0.1, 0.15) is 90.0 Å². The van der Waals surface area contributed by atoms with Crippen LogP contribution < -0.4 is 0 Å². The minimum atomic E-state index is -0.166. The van der Waals surface area contributed by atoms with Crippen molar-refractivity contribution in [3.05, 3.63) is 94.0 Å². The highest BCUT2D eigenvalue weighted by Crippen LogP contribution is 2.38. The maximum atomic E-state index is 10.9. The van der Waals surface area contributed by atoms with E-state index in [1.54, 1.807) is 16.9 Å². The average molecular weight is 639 g/mol. The van der Waals surface area contributed by atoms with Crippen LogP contribution >= 0.6 is 11.6 Å². The maximum Gasteiger partial charge on any atom is 0.146 e. The molecule has 0 amide bonds. The molecule has 2 aromatic heterocycles. The Kier molecular flexibility index (Phi) is 8.88. The van der Waals surface area contributed by atoms with Gasteiger partial charge < -0.3 is 10.2 Å². The first-order valence-corrected chi connectivity index (χ1v) is 16.0. The summed E-state index contributed by atoms with van der Waals surface area (Å²) in [5.41, 5.74) is 8.19. The molecular weight excluding hydrogens is 596 g/mol. The van der Waals surface area contributed by atoms with Gasteiger partial charge in [-0.3, -0.25) is 0 Å². The first-order chi connectivity index (χ1) is 21.6. The average Bonchev–Trinajstić information content (AvgIpc) is 3.61. The molecule has 4 aromatic carbocycles. The monoisotopic (exact) mass is 638 g/mol. The molecule has 2 N–H and O–H groups in total. The van der Waals surface area contributed by atoms with E-state index in [1.807, 2.05) is 55.5 Å². The minimum Gasteiger partial charge on any atom is -0.505 e. The van der Waals surface area contributed by atoms with Crippen molar-refractivity contribution in [2.24, 2.45) is 0 Å². The van der Waals surface area contributed by atoms with Crippen molar-refractivity contribution in [3.63, 3.8) is 0 Å². The molecule has 1 unspecified atom stereocenters. The van der Waals surface area contributed by atoms with Crippen molar-refractivity contribution in [3.8, 4) is 22.9 Å². The smallest absolute Gasteiger partial charge is 0.146 e. The molecule has 8 nitrogen and oxygen atoms in total. The van der Waals surface area contributed by atoms with E-state index in [1.165, 1.54) is 10.4 Å². The summed E-state index contributed by atoms with van der Waals surface area (Å²) in [6.07, 6.45) is 0.967. The highest BCUT2D eigenvalue weighted by Gasteiger charge is 2.24. The van der Waals surface area contributed by atoms with Gasteiger partial charge in [0.2, 0.25) is 0 Å². The van der Waals surface area contributed by atoms with E-state index in [4.69, 9.17) is 11.6 Å². The Bertz CT molecular complexity index is 2000. The number of fused-ring (bicyclic) bond motifs is 2. The fourth-order valence-corrected chi connectivity index (χ4v) is 5.44. The number of phenols is 2. The van der Waals surface area contributed by atoms with Gasteiger partial charge in [-0.15, -0.1) is 30.0 Å². The number of aromatic hydroxyl groups is 2. The van der Waals surface area contributed by atoms with Gasteiger partial charge in [-0.1, -0.05) is 91.3 Å². The largest absolute Gasteiger partial charge is 0.505 e. The SMILES string of the molecule is CCC(C)c1cc(C(C)(C)C)cc(-n2nc3ccccc3n2)c1O.Cc1cc(-n2nc3ccc(Cl)cc3n2)c(O)c(C(C)(C)C)c1. The van der Waals surface area contributed by atoms with Crippen molar-refractivity contribution in [1.82, 2.24) is 30.0 Å². The third kappa shape index (κ3) is 6.72. The second-order valence-corrected chi connectivity index (χ2v) is 14.5. The summed E-state index contributed by atoms with van der Waals surface area (Å²) < 4.78 is 0. The Balaban J connectivity index is 0.000000182. The van der Waals surface area contributed by atoms with Crippen LogP contribution in [-0.4, -0.2) is 40.2 Å². The predicted octanol–water partition coefficient (Wildman–Crippen LogP) is 9.32. The molecule has 0 radical (unpaired) electrons. The lowest BCUT2D eigenvalue weighted by Gasteiger charge is -2.23. The lowest BCUT2D eigenvalue weighted by molar-refractivity contribution is 0.440. The van der Waals surface area contributed by atoms with E-state index in [0.717, 1.165) is 39.7 Å². The molecule has 6 rings (SSSR count). The number of nitrogens with zero attached hydrogens (tertiary/aromatic N) is 6. The molecule has 0 bridgehead atoms. The molecule has 9 heteroatoms. The fourth-order valence-electron chi connectivity index (χ4n) is 5.27. The molecular formula is C37H43ClN6O2. The zero-order valence-corrected chi connectivity index (χ0v) is 28.8. The summed E-state index contributed by atoms with van der Waals surface area (Å²) in [5, 5.41) is 40.1. The lowest BCUT2D eigenvalue weighted by atomic mass is 9.83. The van der Waals surface area contributed by atoms with Crippen LogP contribution in [0, 0.1) is 6.92 Å². The Morgan fingerprint density at radius 3 is 1.78 bits per heavy atom. The summed E-state index contributed by atoms with van der Waals surface area (Å²) in [4.78, 5) is 3.03. The number of aryl methyl sites for hydroxylation is 1. The van der Waals surface area contributed by atoms with Crippen LogP contribution in [-0.2, 0) is 10.8 Å². The topological polar surface area (TPSA) is 102 Å². The van der Waals surface area contributed by atoms with E-state index < -0.39 is 0 Å². The molecule has 240 valence electrons. The van der Waals surface area contributed by atoms with E-state index in [-0.39, 0.29) is 28.2 Å². The van der Waals surface area contributed by atoms with Crippen molar-refractivity contribution in [1.29, 1.82) is 0 Å². The molecule has 0 spiro atoms. The number of hydrogen-bond donors (Lipinski definition) is 2. The Hall–Kier alpha value is -4.43. The van der Waals surface area contributed by atoms with Crippen LogP contribution in [0.5, 0.6) is 11.5 Å².